The van der Waals surface area contributed by atoms with E-state index in [-0.39, 0.29) is 6.54 Å². The highest BCUT2D eigenvalue weighted by atomic mass is 35.5. The van der Waals surface area contributed by atoms with Crippen molar-refractivity contribution in [1.82, 2.24) is 10.3 Å². The molecule has 2 rings (SSSR count). The minimum absolute atomic E-state index is 0.131. The second-order valence-corrected chi connectivity index (χ2v) is 10.9. The van der Waals surface area contributed by atoms with Gasteiger partial charge in [0.05, 0.1) is 15.6 Å². The van der Waals surface area contributed by atoms with Crippen LogP contribution in [0.25, 0.3) is 0 Å². The van der Waals surface area contributed by atoms with Crippen LogP contribution in [0.3, 0.4) is 0 Å². The zero-order valence-electron chi connectivity index (χ0n) is 15.8. The normalized spacial score (nSPS) is 12.6. The van der Waals surface area contributed by atoms with Crippen molar-refractivity contribution in [2.75, 3.05) is 12.3 Å². The molecule has 0 aliphatic heterocycles. The van der Waals surface area contributed by atoms with E-state index >= 15 is 0 Å². The zero-order chi connectivity index (χ0) is 22.7. The SMILES string of the molecule is CC(C)(C(=O)NCCSc1cccc(Cl)c1Cl)S(=O)(=O)c1ccc(C(F)(F)F)cn1. The molecule has 0 atom stereocenters. The largest absolute Gasteiger partial charge is 0.417 e. The van der Waals surface area contributed by atoms with E-state index in [0.717, 1.165) is 19.9 Å². The van der Waals surface area contributed by atoms with E-state index in [2.05, 4.69) is 10.3 Å². The molecule has 1 aromatic heterocycles. The third-order valence-electron chi connectivity index (χ3n) is 4.12. The Bertz CT molecular complexity index is 1030. The van der Waals surface area contributed by atoms with Crippen molar-refractivity contribution in [2.45, 2.75) is 34.7 Å². The summed E-state index contributed by atoms with van der Waals surface area (Å²) in [6, 6.07) is 6.47. The topological polar surface area (TPSA) is 76.1 Å². The highest BCUT2D eigenvalue weighted by molar-refractivity contribution is 7.99. The van der Waals surface area contributed by atoms with Crippen LogP contribution >= 0.6 is 35.0 Å². The van der Waals surface area contributed by atoms with Gasteiger partial charge in [-0.05, 0) is 38.1 Å². The number of sulfone groups is 1. The van der Waals surface area contributed by atoms with Gasteiger partial charge in [0, 0.05) is 23.4 Å². The molecule has 0 radical (unpaired) electrons. The number of hydrogen-bond donors (Lipinski definition) is 1. The first kappa shape index (κ1) is 24.8. The Morgan fingerprint density at radius 3 is 2.40 bits per heavy atom. The first-order chi connectivity index (χ1) is 13.8. The monoisotopic (exact) mass is 500 g/mol. The van der Waals surface area contributed by atoms with Gasteiger partial charge in [-0.2, -0.15) is 13.2 Å². The first-order valence-electron chi connectivity index (χ1n) is 8.41. The van der Waals surface area contributed by atoms with E-state index in [1.807, 2.05) is 0 Å². The molecule has 0 fully saturated rings. The number of carbonyl (C=O) groups is 1. The molecule has 1 amide bonds. The average Bonchev–Trinajstić information content (AvgIpc) is 2.67. The Morgan fingerprint density at radius 2 is 1.83 bits per heavy atom. The summed E-state index contributed by atoms with van der Waals surface area (Å²) in [6.45, 7) is 2.46. The lowest BCUT2D eigenvalue weighted by Gasteiger charge is -2.23. The highest BCUT2D eigenvalue weighted by Gasteiger charge is 2.44. The minimum Gasteiger partial charge on any atom is -0.354 e. The number of aromatic nitrogens is 1. The highest BCUT2D eigenvalue weighted by Crippen LogP contribution is 2.33. The van der Waals surface area contributed by atoms with Gasteiger partial charge in [-0.1, -0.05) is 29.3 Å². The molecule has 2 aromatic rings. The van der Waals surface area contributed by atoms with Crippen LogP contribution in [0.1, 0.15) is 19.4 Å². The molecular formula is C18H17Cl2F3N2O3S2. The van der Waals surface area contributed by atoms with Gasteiger partial charge in [-0.15, -0.1) is 11.8 Å². The molecule has 0 unspecified atom stereocenters. The van der Waals surface area contributed by atoms with Crippen LogP contribution in [0.4, 0.5) is 13.2 Å². The maximum absolute atomic E-state index is 12.8. The molecule has 164 valence electrons. The Balaban J connectivity index is 2.04. The van der Waals surface area contributed by atoms with Gasteiger partial charge < -0.3 is 5.32 Å². The van der Waals surface area contributed by atoms with Crippen LogP contribution in [0.5, 0.6) is 0 Å². The van der Waals surface area contributed by atoms with Crippen LogP contribution in [-0.4, -0.2) is 36.4 Å². The summed E-state index contributed by atoms with van der Waals surface area (Å²) in [6.07, 6.45) is -4.22. The molecular weight excluding hydrogens is 484 g/mol. The lowest BCUT2D eigenvalue weighted by Crippen LogP contribution is -2.48. The van der Waals surface area contributed by atoms with Gasteiger partial charge in [0.2, 0.25) is 15.7 Å². The van der Waals surface area contributed by atoms with Crippen LogP contribution in [-0.2, 0) is 20.8 Å². The summed E-state index contributed by atoms with van der Waals surface area (Å²) in [7, 11) is -4.34. The summed E-state index contributed by atoms with van der Waals surface area (Å²) >= 11 is 13.3. The van der Waals surface area contributed by atoms with E-state index < -0.39 is 37.3 Å². The Hall–Kier alpha value is -1.49. The second-order valence-electron chi connectivity index (χ2n) is 6.55. The number of benzene rings is 1. The Labute approximate surface area is 186 Å². The summed E-state index contributed by atoms with van der Waals surface area (Å²) in [5.41, 5.74) is -1.08. The molecule has 0 saturated heterocycles. The number of thioether (sulfide) groups is 1. The number of hydrogen-bond acceptors (Lipinski definition) is 5. The van der Waals surface area contributed by atoms with Crippen molar-refractivity contribution in [3.8, 4) is 0 Å². The van der Waals surface area contributed by atoms with Gasteiger partial charge in [0.1, 0.15) is 0 Å². The maximum atomic E-state index is 12.8. The molecule has 1 N–H and O–H groups in total. The van der Waals surface area contributed by atoms with E-state index in [1.54, 1.807) is 18.2 Å². The van der Waals surface area contributed by atoms with Crippen LogP contribution < -0.4 is 5.32 Å². The molecule has 12 heteroatoms. The van der Waals surface area contributed by atoms with Crippen molar-refractivity contribution in [3.63, 3.8) is 0 Å². The van der Waals surface area contributed by atoms with Gasteiger partial charge in [-0.25, -0.2) is 13.4 Å². The summed E-state index contributed by atoms with van der Waals surface area (Å²) in [4.78, 5) is 16.6. The van der Waals surface area contributed by atoms with E-state index in [1.165, 1.54) is 11.8 Å². The molecule has 30 heavy (non-hydrogen) atoms. The fourth-order valence-electron chi connectivity index (χ4n) is 2.22. The fourth-order valence-corrected chi connectivity index (χ4v) is 4.86. The number of carbonyl (C=O) groups excluding carboxylic acids is 1. The third-order valence-corrected chi connectivity index (χ3v) is 8.43. The van der Waals surface area contributed by atoms with E-state index in [4.69, 9.17) is 23.2 Å². The number of nitrogens with zero attached hydrogens (tertiary/aromatic N) is 1. The van der Waals surface area contributed by atoms with Crippen LogP contribution in [0.2, 0.25) is 10.0 Å². The number of pyridine rings is 1. The van der Waals surface area contributed by atoms with Gasteiger partial charge in [0.25, 0.3) is 0 Å². The molecule has 0 aliphatic rings. The van der Waals surface area contributed by atoms with Crippen molar-refractivity contribution < 1.29 is 26.4 Å². The predicted octanol–water partition coefficient (Wildman–Crippen LogP) is 4.87. The Morgan fingerprint density at radius 1 is 1.17 bits per heavy atom. The van der Waals surface area contributed by atoms with Gasteiger partial charge >= 0.3 is 6.18 Å². The maximum Gasteiger partial charge on any atom is 0.417 e. The van der Waals surface area contributed by atoms with Gasteiger partial charge in [0.15, 0.2) is 9.77 Å². The summed E-state index contributed by atoms with van der Waals surface area (Å²) in [5, 5.41) is 2.67. The Kier molecular flexibility index (Phi) is 7.71. The first-order valence-corrected chi connectivity index (χ1v) is 11.6. The number of nitrogens with one attached hydrogen (secondary N) is 1. The number of amides is 1. The average molecular weight is 501 g/mol. The van der Waals surface area contributed by atoms with Crippen molar-refractivity contribution in [3.05, 3.63) is 52.1 Å². The summed E-state index contributed by atoms with van der Waals surface area (Å²) in [5.74, 6) is -0.414. The van der Waals surface area contributed by atoms with Crippen molar-refractivity contribution in [2.24, 2.45) is 0 Å². The third kappa shape index (κ3) is 5.40. The van der Waals surface area contributed by atoms with Crippen molar-refractivity contribution in [1.29, 1.82) is 0 Å². The molecule has 1 heterocycles. The zero-order valence-corrected chi connectivity index (χ0v) is 18.9. The summed E-state index contributed by atoms with van der Waals surface area (Å²) < 4.78 is 61.5. The molecule has 0 saturated carbocycles. The molecule has 1 aromatic carbocycles. The molecule has 0 aliphatic carbocycles. The standard InChI is InChI=1S/C18H17Cl2F3N2O3S2/c1-17(2,30(27,28)14-7-6-11(10-25-14)18(21,22)23)16(26)24-8-9-29-13-5-3-4-12(19)15(13)20/h3-7,10H,8-9H2,1-2H3,(H,24,26). The van der Waals surface area contributed by atoms with Crippen molar-refractivity contribution >= 4 is 50.7 Å². The van der Waals surface area contributed by atoms with Crippen LogP contribution in [0.15, 0.2) is 46.5 Å². The predicted molar refractivity (Wildman–Crippen MR) is 111 cm³/mol. The molecule has 0 spiro atoms. The number of rotatable bonds is 7. The van der Waals surface area contributed by atoms with Crippen LogP contribution in [0, 0.1) is 0 Å². The number of halogens is 5. The molecule has 0 bridgehead atoms. The fraction of sp³-hybridized carbons (Fsp3) is 0.333. The van der Waals surface area contributed by atoms with E-state index in [0.29, 0.717) is 33.0 Å². The lowest BCUT2D eigenvalue weighted by molar-refractivity contribution is -0.137. The quantitative estimate of drug-likeness (QED) is 0.433. The molecule has 5 nitrogen and oxygen atoms in total. The smallest absolute Gasteiger partial charge is 0.354 e. The minimum atomic E-state index is -4.65. The van der Waals surface area contributed by atoms with Gasteiger partial charge in [-0.3, -0.25) is 4.79 Å². The number of alkyl halides is 3. The second kappa shape index (κ2) is 9.33. The van der Waals surface area contributed by atoms with E-state index in [9.17, 15) is 26.4 Å². The lowest BCUT2D eigenvalue weighted by atomic mass is 10.2.